The maximum Gasteiger partial charge on any atom is 0.231 e. The van der Waals surface area contributed by atoms with Crippen molar-refractivity contribution in [1.82, 2.24) is 0 Å². The first-order chi connectivity index (χ1) is 7.00. The lowest BCUT2D eigenvalue weighted by atomic mass is 10.0. The van der Waals surface area contributed by atoms with Crippen molar-refractivity contribution >= 4 is 21.8 Å². The molecule has 1 amide bonds. The number of rotatable bonds is 4. The Bertz CT molecular complexity index is 332. The Kier molecular flexibility index (Phi) is 4.33. The lowest BCUT2D eigenvalue weighted by molar-refractivity contribution is -0.117. The SMILES string of the molecule is CC(C)c1ccc(CC(Br)C(N)=O)cc1. The molecular formula is C12H16BrNO. The molecular weight excluding hydrogens is 254 g/mol. The van der Waals surface area contributed by atoms with Gasteiger partial charge in [0.25, 0.3) is 0 Å². The van der Waals surface area contributed by atoms with Crippen molar-refractivity contribution < 1.29 is 4.79 Å². The highest BCUT2D eigenvalue weighted by molar-refractivity contribution is 9.10. The molecule has 82 valence electrons. The minimum atomic E-state index is -0.317. The zero-order valence-electron chi connectivity index (χ0n) is 9.03. The number of primary amides is 1. The molecule has 1 aromatic rings. The third-order valence-corrected chi connectivity index (χ3v) is 3.15. The standard InChI is InChI=1S/C12H16BrNO/c1-8(2)10-5-3-9(4-6-10)7-11(13)12(14)15/h3-6,8,11H,7H2,1-2H3,(H2,14,15). The fourth-order valence-corrected chi connectivity index (χ4v) is 1.72. The van der Waals surface area contributed by atoms with E-state index in [1.165, 1.54) is 5.56 Å². The van der Waals surface area contributed by atoms with Crippen molar-refractivity contribution in [2.24, 2.45) is 5.73 Å². The highest BCUT2D eigenvalue weighted by Crippen LogP contribution is 2.16. The second-order valence-corrected chi connectivity index (χ2v) is 5.08. The van der Waals surface area contributed by atoms with Crippen molar-refractivity contribution in [2.75, 3.05) is 0 Å². The van der Waals surface area contributed by atoms with E-state index in [1.54, 1.807) is 0 Å². The van der Waals surface area contributed by atoms with Gasteiger partial charge in [0.05, 0.1) is 4.83 Å². The van der Waals surface area contributed by atoms with Crippen LogP contribution in [0.1, 0.15) is 30.9 Å². The average molecular weight is 270 g/mol. The second kappa shape index (κ2) is 5.31. The quantitative estimate of drug-likeness (QED) is 0.840. The van der Waals surface area contributed by atoms with Crippen molar-refractivity contribution in [1.29, 1.82) is 0 Å². The maximum atomic E-state index is 10.9. The number of amides is 1. The summed E-state index contributed by atoms with van der Waals surface area (Å²) in [4.78, 5) is 10.6. The molecule has 0 aliphatic carbocycles. The molecule has 1 unspecified atom stereocenters. The van der Waals surface area contributed by atoms with Gasteiger partial charge in [0.15, 0.2) is 0 Å². The van der Waals surface area contributed by atoms with E-state index < -0.39 is 0 Å². The number of hydrogen-bond donors (Lipinski definition) is 1. The van der Waals surface area contributed by atoms with E-state index in [1.807, 2.05) is 12.1 Å². The van der Waals surface area contributed by atoms with E-state index in [2.05, 4.69) is 41.9 Å². The summed E-state index contributed by atoms with van der Waals surface area (Å²) in [7, 11) is 0. The summed E-state index contributed by atoms with van der Waals surface area (Å²) in [5.41, 5.74) is 7.61. The van der Waals surface area contributed by atoms with Crippen LogP contribution in [0.15, 0.2) is 24.3 Å². The van der Waals surface area contributed by atoms with E-state index in [9.17, 15) is 4.79 Å². The molecule has 2 nitrogen and oxygen atoms in total. The molecule has 0 aliphatic rings. The number of carbonyl (C=O) groups excluding carboxylic acids is 1. The Morgan fingerprint density at radius 2 is 1.87 bits per heavy atom. The molecule has 0 spiro atoms. The zero-order chi connectivity index (χ0) is 11.4. The first-order valence-electron chi connectivity index (χ1n) is 5.03. The Labute approximate surface area is 99.0 Å². The monoisotopic (exact) mass is 269 g/mol. The molecule has 1 aromatic carbocycles. The van der Waals surface area contributed by atoms with E-state index >= 15 is 0 Å². The fraction of sp³-hybridized carbons (Fsp3) is 0.417. The highest BCUT2D eigenvalue weighted by atomic mass is 79.9. The van der Waals surface area contributed by atoms with E-state index in [-0.39, 0.29) is 10.7 Å². The average Bonchev–Trinajstić information content (AvgIpc) is 2.18. The van der Waals surface area contributed by atoms with Crippen LogP contribution >= 0.6 is 15.9 Å². The first kappa shape index (κ1) is 12.2. The van der Waals surface area contributed by atoms with Crippen LogP contribution in [0.3, 0.4) is 0 Å². The van der Waals surface area contributed by atoms with E-state index in [0.29, 0.717) is 12.3 Å². The minimum absolute atomic E-state index is 0.276. The Morgan fingerprint density at radius 1 is 1.33 bits per heavy atom. The van der Waals surface area contributed by atoms with Gasteiger partial charge in [-0.3, -0.25) is 4.79 Å². The van der Waals surface area contributed by atoms with Crippen molar-refractivity contribution in [2.45, 2.75) is 31.0 Å². The number of halogens is 1. The molecule has 0 radical (unpaired) electrons. The molecule has 0 aliphatic heterocycles. The van der Waals surface area contributed by atoms with Crippen LogP contribution in [-0.2, 0) is 11.2 Å². The van der Waals surface area contributed by atoms with Gasteiger partial charge in [-0.05, 0) is 23.5 Å². The Balaban J connectivity index is 2.68. The predicted octanol–water partition coefficient (Wildman–Crippen LogP) is 2.60. The normalized spacial score (nSPS) is 12.8. The van der Waals surface area contributed by atoms with Crippen LogP contribution in [0.2, 0.25) is 0 Å². The molecule has 2 N–H and O–H groups in total. The van der Waals surface area contributed by atoms with E-state index in [0.717, 1.165) is 5.56 Å². The zero-order valence-corrected chi connectivity index (χ0v) is 10.6. The maximum absolute atomic E-state index is 10.9. The Hall–Kier alpha value is -0.830. The molecule has 0 saturated heterocycles. The molecule has 1 rings (SSSR count). The molecule has 0 heterocycles. The van der Waals surface area contributed by atoms with Crippen LogP contribution in [-0.4, -0.2) is 10.7 Å². The summed E-state index contributed by atoms with van der Waals surface area (Å²) in [6, 6.07) is 8.29. The molecule has 15 heavy (non-hydrogen) atoms. The minimum Gasteiger partial charge on any atom is -0.369 e. The number of carbonyl (C=O) groups is 1. The number of hydrogen-bond acceptors (Lipinski definition) is 1. The third kappa shape index (κ3) is 3.67. The smallest absolute Gasteiger partial charge is 0.231 e. The first-order valence-corrected chi connectivity index (χ1v) is 5.94. The summed E-state index contributed by atoms with van der Waals surface area (Å²) in [6.45, 7) is 4.32. The predicted molar refractivity (Wildman–Crippen MR) is 66.1 cm³/mol. The molecule has 0 aromatic heterocycles. The number of alkyl halides is 1. The summed E-state index contributed by atoms with van der Waals surface area (Å²) in [6.07, 6.45) is 0.647. The lowest BCUT2D eigenvalue weighted by Crippen LogP contribution is -2.24. The third-order valence-electron chi connectivity index (χ3n) is 2.37. The van der Waals surface area contributed by atoms with Crippen LogP contribution in [0, 0.1) is 0 Å². The topological polar surface area (TPSA) is 43.1 Å². The van der Waals surface area contributed by atoms with Crippen molar-refractivity contribution in [3.8, 4) is 0 Å². The second-order valence-electron chi connectivity index (χ2n) is 3.97. The van der Waals surface area contributed by atoms with Gasteiger partial charge in [-0.1, -0.05) is 54.0 Å². The van der Waals surface area contributed by atoms with Crippen LogP contribution in [0.5, 0.6) is 0 Å². The number of benzene rings is 1. The van der Waals surface area contributed by atoms with Gasteiger partial charge in [0, 0.05) is 0 Å². The molecule has 0 saturated carbocycles. The van der Waals surface area contributed by atoms with Crippen molar-refractivity contribution in [3.05, 3.63) is 35.4 Å². The number of nitrogens with two attached hydrogens (primary N) is 1. The summed E-state index contributed by atoms with van der Waals surface area (Å²) in [5, 5.41) is 0. The highest BCUT2D eigenvalue weighted by Gasteiger charge is 2.11. The van der Waals surface area contributed by atoms with Crippen LogP contribution < -0.4 is 5.73 Å². The molecule has 1 atom stereocenters. The van der Waals surface area contributed by atoms with Gasteiger partial charge < -0.3 is 5.73 Å². The lowest BCUT2D eigenvalue weighted by Gasteiger charge is -2.08. The summed E-state index contributed by atoms with van der Waals surface area (Å²) in [5.74, 6) is 0.220. The molecule has 3 heteroatoms. The van der Waals surface area contributed by atoms with Gasteiger partial charge in [-0.25, -0.2) is 0 Å². The summed E-state index contributed by atoms with van der Waals surface area (Å²) < 4.78 is 0. The largest absolute Gasteiger partial charge is 0.369 e. The summed E-state index contributed by atoms with van der Waals surface area (Å²) >= 11 is 3.25. The van der Waals surface area contributed by atoms with Crippen molar-refractivity contribution in [3.63, 3.8) is 0 Å². The van der Waals surface area contributed by atoms with E-state index in [4.69, 9.17) is 5.73 Å². The fourth-order valence-electron chi connectivity index (χ4n) is 1.35. The van der Waals surface area contributed by atoms with Gasteiger partial charge >= 0.3 is 0 Å². The van der Waals surface area contributed by atoms with Gasteiger partial charge in [0.2, 0.25) is 5.91 Å². The van der Waals surface area contributed by atoms with Crippen LogP contribution in [0.4, 0.5) is 0 Å². The van der Waals surface area contributed by atoms with Crippen LogP contribution in [0.25, 0.3) is 0 Å². The van der Waals surface area contributed by atoms with Gasteiger partial charge in [-0.2, -0.15) is 0 Å². The molecule has 0 fully saturated rings. The van der Waals surface area contributed by atoms with Gasteiger partial charge in [0.1, 0.15) is 0 Å². The Morgan fingerprint density at radius 3 is 2.27 bits per heavy atom. The van der Waals surface area contributed by atoms with Gasteiger partial charge in [-0.15, -0.1) is 0 Å². The molecule has 0 bridgehead atoms.